The quantitative estimate of drug-likeness (QED) is 0.361. The zero-order chi connectivity index (χ0) is 23.6. The Balaban J connectivity index is 1.61. The summed E-state index contributed by atoms with van der Waals surface area (Å²) >= 11 is 0. The van der Waals surface area contributed by atoms with Crippen LogP contribution in [0.4, 0.5) is 11.4 Å². The summed E-state index contributed by atoms with van der Waals surface area (Å²) in [7, 11) is 0. The number of anilines is 2. The van der Waals surface area contributed by atoms with Crippen LogP contribution in [0, 0.1) is 0 Å². The minimum atomic E-state index is -1.05. The highest BCUT2D eigenvalue weighted by Crippen LogP contribution is 2.41. The lowest BCUT2D eigenvalue weighted by atomic mass is 9.87. The van der Waals surface area contributed by atoms with E-state index in [1.807, 2.05) is 54.6 Å². The molecule has 1 heterocycles. The van der Waals surface area contributed by atoms with E-state index in [9.17, 15) is 0 Å². The van der Waals surface area contributed by atoms with Crippen molar-refractivity contribution in [1.29, 1.82) is 0 Å². The second-order valence-electron chi connectivity index (χ2n) is 9.47. The van der Waals surface area contributed by atoms with E-state index in [4.69, 9.17) is 9.84 Å². The summed E-state index contributed by atoms with van der Waals surface area (Å²) in [6.45, 7) is 6.64. The van der Waals surface area contributed by atoms with E-state index in [0.29, 0.717) is 5.90 Å². The van der Waals surface area contributed by atoms with Crippen LogP contribution in [0.1, 0.15) is 37.5 Å². The molecule has 170 valence electrons. The lowest BCUT2D eigenvalue weighted by Gasteiger charge is -2.41. The third-order valence-electron chi connectivity index (χ3n) is 6.06. The van der Waals surface area contributed by atoms with Crippen molar-refractivity contribution >= 4 is 17.3 Å². The first-order valence-corrected chi connectivity index (χ1v) is 11.6. The fourth-order valence-electron chi connectivity index (χ4n) is 4.23. The van der Waals surface area contributed by atoms with Crippen molar-refractivity contribution in [3.63, 3.8) is 0 Å². The Bertz CT molecular complexity index is 1220. The predicted molar refractivity (Wildman–Crippen MR) is 139 cm³/mol. The van der Waals surface area contributed by atoms with Crippen LogP contribution >= 0.6 is 0 Å². The van der Waals surface area contributed by atoms with Gasteiger partial charge in [-0.1, -0.05) is 99.6 Å². The molecular formula is C30H29N3O. The normalized spacial score (nSPS) is 17.4. The Morgan fingerprint density at radius 1 is 0.676 bits per heavy atom. The van der Waals surface area contributed by atoms with E-state index >= 15 is 0 Å². The summed E-state index contributed by atoms with van der Waals surface area (Å²) in [6, 6.07) is 39.1. The Hall–Kier alpha value is -4.05. The summed E-state index contributed by atoms with van der Waals surface area (Å²) < 4.78 is 6.78. The maximum absolute atomic E-state index is 6.78. The van der Waals surface area contributed by atoms with E-state index in [-0.39, 0.29) is 5.41 Å². The molecule has 0 aliphatic carbocycles. The highest BCUT2D eigenvalue weighted by atomic mass is 16.6. The van der Waals surface area contributed by atoms with Gasteiger partial charge in [-0.05, 0) is 47.4 Å². The monoisotopic (exact) mass is 447 g/mol. The van der Waals surface area contributed by atoms with Crippen LogP contribution < -0.4 is 10.3 Å². The summed E-state index contributed by atoms with van der Waals surface area (Å²) in [5.74, 6) is -0.497. The molecule has 4 nitrogen and oxygen atoms in total. The standard InChI is InChI=1S/C30H29N3O/c1-29(2,3)24-21-19-23(20-22-24)28-31-32-30(34-28,25-13-7-4-8-14-25)33(26-15-9-5-10-16-26)27-17-11-6-12-18-27/h4-22,32H,1-3H3. The van der Waals surface area contributed by atoms with Gasteiger partial charge in [-0.15, -0.1) is 5.10 Å². The van der Waals surface area contributed by atoms with Crippen LogP contribution in [0.2, 0.25) is 0 Å². The third kappa shape index (κ3) is 4.03. The molecule has 1 aliphatic heterocycles. The van der Waals surface area contributed by atoms with Crippen molar-refractivity contribution in [1.82, 2.24) is 5.43 Å². The van der Waals surface area contributed by atoms with E-state index in [1.54, 1.807) is 0 Å². The van der Waals surface area contributed by atoms with Gasteiger partial charge in [0.1, 0.15) is 0 Å². The number of hydrazone groups is 1. The van der Waals surface area contributed by atoms with Gasteiger partial charge in [0.05, 0.1) is 0 Å². The minimum absolute atomic E-state index is 0.0837. The van der Waals surface area contributed by atoms with Crippen LogP contribution in [0.3, 0.4) is 0 Å². The average Bonchev–Trinajstić information content (AvgIpc) is 3.32. The van der Waals surface area contributed by atoms with Crippen molar-refractivity contribution in [3.05, 3.63) is 132 Å². The molecule has 0 aromatic heterocycles. The largest absolute Gasteiger partial charge is 0.425 e. The summed E-state index contributed by atoms with van der Waals surface area (Å²) in [6.07, 6.45) is 0. The molecule has 4 heteroatoms. The van der Waals surface area contributed by atoms with Crippen molar-refractivity contribution in [2.45, 2.75) is 32.0 Å². The molecule has 4 aromatic rings. The van der Waals surface area contributed by atoms with Crippen molar-refractivity contribution in [2.24, 2.45) is 5.10 Å². The van der Waals surface area contributed by atoms with Crippen LogP contribution in [-0.2, 0) is 16.0 Å². The minimum Gasteiger partial charge on any atom is -0.425 e. The van der Waals surface area contributed by atoms with Crippen LogP contribution in [-0.4, -0.2) is 5.90 Å². The third-order valence-corrected chi connectivity index (χ3v) is 6.06. The molecule has 1 unspecified atom stereocenters. The predicted octanol–water partition coefficient (Wildman–Crippen LogP) is 6.91. The molecule has 1 atom stereocenters. The van der Waals surface area contributed by atoms with Crippen molar-refractivity contribution < 1.29 is 4.74 Å². The van der Waals surface area contributed by atoms with Gasteiger partial charge in [0.25, 0.3) is 0 Å². The Morgan fingerprint density at radius 3 is 1.68 bits per heavy atom. The molecule has 5 rings (SSSR count). The molecule has 1 aliphatic rings. The van der Waals surface area contributed by atoms with Crippen molar-refractivity contribution in [2.75, 3.05) is 4.90 Å². The number of benzene rings is 4. The van der Waals surface area contributed by atoms with Gasteiger partial charge >= 0.3 is 5.85 Å². The lowest BCUT2D eigenvalue weighted by molar-refractivity contribution is 0.0528. The van der Waals surface area contributed by atoms with Gasteiger partial charge in [0.15, 0.2) is 0 Å². The van der Waals surface area contributed by atoms with Crippen LogP contribution in [0.15, 0.2) is 120 Å². The van der Waals surface area contributed by atoms with Crippen molar-refractivity contribution in [3.8, 4) is 0 Å². The number of nitrogens with one attached hydrogen (secondary N) is 1. The molecule has 0 radical (unpaired) electrons. The fraction of sp³-hybridized carbons (Fsp3) is 0.167. The molecule has 0 bridgehead atoms. The number of hydrogen-bond donors (Lipinski definition) is 1. The highest BCUT2D eigenvalue weighted by molar-refractivity contribution is 5.95. The summed E-state index contributed by atoms with van der Waals surface area (Å²) in [5, 5.41) is 4.70. The smallest absolute Gasteiger partial charge is 0.310 e. The fourth-order valence-corrected chi connectivity index (χ4v) is 4.23. The molecule has 4 aromatic carbocycles. The maximum atomic E-state index is 6.78. The number of ether oxygens (including phenoxy) is 1. The first kappa shape index (κ1) is 21.8. The summed E-state index contributed by atoms with van der Waals surface area (Å²) in [4.78, 5) is 2.16. The zero-order valence-corrected chi connectivity index (χ0v) is 19.8. The second kappa shape index (κ2) is 8.71. The van der Waals surface area contributed by atoms with E-state index in [2.05, 4.69) is 91.8 Å². The average molecular weight is 448 g/mol. The maximum Gasteiger partial charge on any atom is 0.310 e. The molecule has 0 spiro atoms. The topological polar surface area (TPSA) is 36.9 Å². The SMILES string of the molecule is CC(C)(C)c1ccc(C2=NNC(c3ccccc3)(N(c3ccccc3)c3ccccc3)O2)cc1. The van der Waals surface area contributed by atoms with Gasteiger partial charge in [0, 0.05) is 22.5 Å². The zero-order valence-electron chi connectivity index (χ0n) is 19.8. The van der Waals surface area contributed by atoms with E-state index < -0.39 is 5.85 Å². The Labute approximate surface area is 201 Å². The molecular weight excluding hydrogens is 418 g/mol. The number of hydrogen-bond acceptors (Lipinski definition) is 4. The molecule has 0 fully saturated rings. The number of para-hydroxylation sites is 2. The first-order valence-electron chi connectivity index (χ1n) is 11.6. The van der Waals surface area contributed by atoms with Crippen LogP contribution in [0.25, 0.3) is 0 Å². The number of rotatable bonds is 5. The van der Waals surface area contributed by atoms with Gasteiger partial charge in [0.2, 0.25) is 5.90 Å². The first-order chi connectivity index (χ1) is 16.5. The molecule has 34 heavy (non-hydrogen) atoms. The molecule has 1 N–H and O–H groups in total. The van der Waals surface area contributed by atoms with Gasteiger partial charge in [-0.25, -0.2) is 5.43 Å². The Kier molecular flexibility index (Phi) is 5.58. The number of nitrogens with zero attached hydrogens (tertiary/aromatic N) is 2. The summed E-state index contributed by atoms with van der Waals surface area (Å²) in [5.41, 5.74) is 8.59. The lowest BCUT2D eigenvalue weighted by Crippen LogP contribution is -2.52. The van der Waals surface area contributed by atoms with Crippen LogP contribution in [0.5, 0.6) is 0 Å². The van der Waals surface area contributed by atoms with Gasteiger partial charge < -0.3 is 4.74 Å². The highest BCUT2D eigenvalue weighted by Gasteiger charge is 2.47. The molecule has 0 amide bonds. The molecule has 0 saturated carbocycles. The van der Waals surface area contributed by atoms with Gasteiger partial charge in [-0.2, -0.15) is 0 Å². The van der Waals surface area contributed by atoms with E-state index in [1.165, 1.54) is 5.56 Å². The van der Waals surface area contributed by atoms with Gasteiger partial charge in [-0.3, -0.25) is 4.90 Å². The molecule has 0 saturated heterocycles. The van der Waals surface area contributed by atoms with E-state index in [0.717, 1.165) is 22.5 Å². The Morgan fingerprint density at radius 2 is 1.18 bits per heavy atom. The second-order valence-corrected chi connectivity index (χ2v) is 9.47.